The van der Waals surface area contributed by atoms with Gasteiger partial charge in [0.05, 0.1) is 23.0 Å². The maximum Gasteiger partial charge on any atom is 0.312 e. The van der Waals surface area contributed by atoms with Gasteiger partial charge in [-0.1, -0.05) is 11.6 Å². The number of halogens is 1. The smallest absolute Gasteiger partial charge is 0.312 e. The quantitative estimate of drug-likeness (QED) is 0.681. The fourth-order valence-corrected chi connectivity index (χ4v) is 2.74. The van der Waals surface area contributed by atoms with Gasteiger partial charge in [0.15, 0.2) is 10.9 Å². The van der Waals surface area contributed by atoms with E-state index in [0.717, 1.165) is 0 Å². The van der Waals surface area contributed by atoms with Gasteiger partial charge in [-0.2, -0.15) is 5.10 Å². The molecule has 2 N–H and O–H groups in total. The van der Waals surface area contributed by atoms with Gasteiger partial charge in [0, 0.05) is 10.4 Å². The number of rotatable bonds is 2. The Balaban J connectivity index is 2.23. The summed E-state index contributed by atoms with van der Waals surface area (Å²) in [5.74, 6) is -0.521. The number of hydrogen-bond donors (Lipinski definition) is 2. The lowest BCUT2D eigenvalue weighted by Gasteiger charge is -2.19. The molecule has 25 heavy (non-hydrogen) atoms. The Bertz CT molecular complexity index is 1110. The number of carbonyl (C=O) groups excluding carboxylic acids is 1. The first kappa shape index (κ1) is 17.2. The number of hydrogen-bond acceptors (Lipinski definition) is 5. The first-order valence-corrected chi connectivity index (χ1v) is 7.98. The highest BCUT2D eigenvalue weighted by molar-refractivity contribution is 6.31. The molecule has 1 aromatic carbocycles. The second kappa shape index (κ2) is 6.00. The first-order valence-electron chi connectivity index (χ1n) is 7.60. The molecular formula is C17H16ClN3O4. The lowest BCUT2D eigenvalue weighted by molar-refractivity contribution is -0.153. The van der Waals surface area contributed by atoms with Gasteiger partial charge < -0.3 is 9.72 Å². The van der Waals surface area contributed by atoms with E-state index in [9.17, 15) is 14.4 Å². The van der Waals surface area contributed by atoms with E-state index >= 15 is 0 Å². The van der Waals surface area contributed by atoms with Gasteiger partial charge in [0.1, 0.15) is 5.60 Å². The highest BCUT2D eigenvalue weighted by Crippen LogP contribution is 2.17. The lowest BCUT2D eigenvalue weighted by atomic mass is 10.1. The summed E-state index contributed by atoms with van der Waals surface area (Å²) in [5.41, 5.74) is -1.12. The molecule has 0 amide bonds. The largest absolute Gasteiger partial charge is 0.460 e. The molecule has 7 nitrogen and oxygen atoms in total. The average molecular weight is 362 g/mol. The lowest BCUT2D eigenvalue weighted by Crippen LogP contribution is -2.25. The second-order valence-corrected chi connectivity index (χ2v) is 7.10. The number of ether oxygens (including phenoxy) is 1. The minimum Gasteiger partial charge on any atom is -0.460 e. The van der Waals surface area contributed by atoms with Crippen molar-refractivity contribution in [1.82, 2.24) is 15.2 Å². The van der Waals surface area contributed by atoms with Gasteiger partial charge in [-0.25, -0.2) is 0 Å². The SMILES string of the molecule is CC(C)(C)OC(=O)Cc1[nH]nc2c(=O)[nH]c3cc(Cl)ccc3c(=O)c12. The van der Waals surface area contributed by atoms with Gasteiger partial charge in [-0.05, 0) is 39.0 Å². The van der Waals surface area contributed by atoms with Crippen LogP contribution in [-0.2, 0) is 16.0 Å². The summed E-state index contributed by atoms with van der Waals surface area (Å²) < 4.78 is 5.26. The van der Waals surface area contributed by atoms with Crippen LogP contribution < -0.4 is 11.0 Å². The summed E-state index contributed by atoms with van der Waals surface area (Å²) in [7, 11) is 0. The molecule has 0 saturated heterocycles. The number of carbonyl (C=O) groups is 1. The Labute approximate surface area is 147 Å². The van der Waals surface area contributed by atoms with E-state index in [0.29, 0.717) is 10.5 Å². The summed E-state index contributed by atoms with van der Waals surface area (Å²) in [6, 6.07) is 4.58. The molecule has 2 aromatic heterocycles. The molecule has 0 aliphatic rings. The number of H-pyrrole nitrogens is 2. The molecule has 130 valence electrons. The first-order chi connectivity index (χ1) is 11.7. The third-order valence-corrected chi connectivity index (χ3v) is 3.73. The van der Waals surface area contributed by atoms with E-state index in [1.165, 1.54) is 12.1 Å². The van der Waals surface area contributed by atoms with Crippen molar-refractivity contribution in [2.75, 3.05) is 0 Å². The van der Waals surface area contributed by atoms with Crippen LogP contribution >= 0.6 is 11.6 Å². The Morgan fingerprint density at radius 3 is 2.68 bits per heavy atom. The van der Waals surface area contributed by atoms with Gasteiger partial charge in [-0.3, -0.25) is 19.5 Å². The molecule has 8 heteroatoms. The van der Waals surface area contributed by atoms with Crippen LogP contribution in [0.3, 0.4) is 0 Å². The summed E-state index contributed by atoms with van der Waals surface area (Å²) in [6.45, 7) is 5.24. The number of aromatic nitrogens is 3. The Morgan fingerprint density at radius 2 is 2.00 bits per heavy atom. The molecule has 0 radical (unpaired) electrons. The number of nitrogens with one attached hydrogen (secondary N) is 2. The van der Waals surface area contributed by atoms with E-state index in [4.69, 9.17) is 16.3 Å². The molecule has 3 rings (SSSR count). The Morgan fingerprint density at radius 1 is 1.28 bits per heavy atom. The van der Waals surface area contributed by atoms with Crippen molar-refractivity contribution < 1.29 is 9.53 Å². The van der Waals surface area contributed by atoms with Crippen molar-refractivity contribution in [2.45, 2.75) is 32.8 Å². The highest BCUT2D eigenvalue weighted by atomic mass is 35.5. The molecule has 0 unspecified atom stereocenters. The number of esters is 1. The van der Waals surface area contributed by atoms with Crippen LogP contribution in [0.1, 0.15) is 26.5 Å². The summed E-state index contributed by atoms with van der Waals surface area (Å²) in [6.07, 6.45) is -0.193. The summed E-state index contributed by atoms with van der Waals surface area (Å²) in [4.78, 5) is 39.9. The molecule has 0 fully saturated rings. The van der Waals surface area contributed by atoms with Crippen molar-refractivity contribution in [2.24, 2.45) is 0 Å². The Hall–Kier alpha value is -2.67. The van der Waals surface area contributed by atoms with Crippen molar-refractivity contribution in [3.8, 4) is 0 Å². The maximum absolute atomic E-state index is 12.9. The highest BCUT2D eigenvalue weighted by Gasteiger charge is 2.20. The monoisotopic (exact) mass is 361 g/mol. The van der Waals surface area contributed by atoms with E-state index in [1.807, 2.05) is 0 Å². The van der Waals surface area contributed by atoms with Crippen molar-refractivity contribution >= 4 is 39.4 Å². The number of aromatic amines is 2. The molecule has 0 saturated carbocycles. The van der Waals surface area contributed by atoms with Crippen LogP contribution in [0.4, 0.5) is 0 Å². The molecular weight excluding hydrogens is 346 g/mol. The Kier molecular flexibility index (Phi) is 4.12. The zero-order valence-electron chi connectivity index (χ0n) is 13.9. The molecule has 2 heterocycles. The zero-order valence-corrected chi connectivity index (χ0v) is 14.7. The van der Waals surface area contributed by atoms with Crippen LogP contribution in [0.15, 0.2) is 27.8 Å². The predicted octanol–water partition coefficient (Wildman–Crippen LogP) is 2.30. The fraction of sp³-hybridized carbons (Fsp3) is 0.294. The van der Waals surface area contributed by atoms with Crippen molar-refractivity contribution in [3.63, 3.8) is 0 Å². The van der Waals surface area contributed by atoms with E-state index in [1.54, 1.807) is 26.8 Å². The van der Waals surface area contributed by atoms with E-state index < -0.39 is 22.6 Å². The van der Waals surface area contributed by atoms with Gasteiger partial charge in [0.2, 0.25) is 0 Å². The third kappa shape index (κ3) is 3.41. The van der Waals surface area contributed by atoms with Gasteiger partial charge >= 0.3 is 5.97 Å². The third-order valence-electron chi connectivity index (χ3n) is 3.50. The average Bonchev–Trinajstić information content (AvgIpc) is 2.84. The normalized spacial score (nSPS) is 11.8. The van der Waals surface area contributed by atoms with Crippen molar-refractivity contribution in [1.29, 1.82) is 0 Å². The van der Waals surface area contributed by atoms with Crippen LogP contribution in [0.2, 0.25) is 5.02 Å². The number of benzene rings is 1. The molecule has 0 aliphatic carbocycles. The fourth-order valence-electron chi connectivity index (χ4n) is 2.57. The standard InChI is InChI=1S/C17H16ClN3O4/c1-17(2,3)25-12(22)7-11-13-14(21-20-11)16(24)19-10-6-8(18)4-5-9(10)15(13)23/h4-6H,7H2,1-3H3,(H,19,24)(H,20,21). The van der Waals surface area contributed by atoms with Crippen LogP contribution in [-0.4, -0.2) is 26.8 Å². The second-order valence-electron chi connectivity index (χ2n) is 6.66. The minimum atomic E-state index is -0.654. The predicted molar refractivity (Wildman–Crippen MR) is 95.0 cm³/mol. The molecule has 0 aliphatic heterocycles. The number of fused-ring (bicyclic) bond motifs is 2. The summed E-state index contributed by atoms with van der Waals surface area (Å²) in [5, 5.41) is 7.25. The number of nitrogens with zero attached hydrogens (tertiary/aromatic N) is 1. The molecule has 3 aromatic rings. The van der Waals surface area contributed by atoms with E-state index in [-0.39, 0.29) is 28.4 Å². The molecule has 0 atom stereocenters. The van der Waals surface area contributed by atoms with Crippen LogP contribution in [0, 0.1) is 0 Å². The molecule has 0 bridgehead atoms. The van der Waals surface area contributed by atoms with Gasteiger partial charge in [-0.15, -0.1) is 0 Å². The maximum atomic E-state index is 12.9. The van der Waals surface area contributed by atoms with E-state index in [2.05, 4.69) is 15.2 Å². The minimum absolute atomic E-state index is 0.0594. The summed E-state index contributed by atoms with van der Waals surface area (Å²) >= 11 is 5.93. The van der Waals surface area contributed by atoms with Crippen LogP contribution in [0.25, 0.3) is 21.8 Å². The van der Waals surface area contributed by atoms with Crippen LogP contribution in [0.5, 0.6) is 0 Å². The topological polar surface area (TPSA) is 105 Å². The van der Waals surface area contributed by atoms with Crippen molar-refractivity contribution in [3.05, 3.63) is 49.5 Å². The zero-order chi connectivity index (χ0) is 18.4. The van der Waals surface area contributed by atoms with Gasteiger partial charge in [0.25, 0.3) is 5.56 Å². The molecule has 0 spiro atoms.